The zero-order valence-electron chi connectivity index (χ0n) is 18.0. The molecule has 1 aromatic heterocycles. The van der Waals surface area contributed by atoms with Crippen LogP contribution in [0.2, 0.25) is 0 Å². The summed E-state index contributed by atoms with van der Waals surface area (Å²) in [5.41, 5.74) is 1.39. The minimum atomic E-state index is 0.804. The second kappa shape index (κ2) is 9.61. The Morgan fingerprint density at radius 3 is 2.29 bits per heavy atom. The van der Waals surface area contributed by atoms with Gasteiger partial charge in [-0.05, 0) is 91.7 Å². The van der Waals surface area contributed by atoms with Crippen molar-refractivity contribution in [3.8, 4) is 0 Å². The van der Waals surface area contributed by atoms with Crippen LogP contribution in [0.4, 0.5) is 0 Å². The standard InChI is InChI=1S/C27H38S/c1-3-5-26-19-25-17-12-22(18-27(25)28-26)7-6-21-10-15-24(16-11-21)23-13-8-20(4-2)9-14-23/h6-7,12,17-21,23-24H,3-5,8-11,13-16H2,1-2H3/b7-6+. The van der Waals surface area contributed by atoms with Crippen molar-refractivity contribution in [2.45, 2.75) is 84.5 Å². The summed E-state index contributed by atoms with van der Waals surface area (Å²) in [5, 5.41) is 1.42. The van der Waals surface area contributed by atoms with E-state index in [2.05, 4.69) is 50.3 Å². The zero-order valence-corrected chi connectivity index (χ0v) is 18.8. The SMILES string of the molecule is CCCc1cc2ccc(/C=C/C3CCC(C4CCC(CC)CC4)CC3)cc2s1. The van der Waals surface area contributed by atoms with E-state index in [1.807, 2.05) is 11.3 Å². The Balaban J connectivity index is 1.29. The second-order valence-electron chi connectivity index (χ2n) is 9.48. The number of aryl methyl sites for hydroxylation is 1. The maximum Gasteiger partial charge on any atom is 0.0351 e. The van der Waals surface area contributed by atoms with E-state index in [9.17, 15) is 0 Å². The van der Waals surface area contributed by atoms with Gasteiger partial charge in [0.05, 0.1) is 0 Å². The molecule has 0 spiro atoms. The summed E-state index contributed by atoms with van der Waals surface area (Å²) in [4.78, 5) is 1.53. The molecule has 28 heavy (non-hydrogen) atoms. The van der Waals surface area contributed by atoms with Crippen LogP contribution in [0.5, 0.6) is 0 Å². The average molecular weight is 395 g/mol. The lowest BCUT2D eigenvalue weighted by Crippen LogP contribution is -2.25. The fourth-order valence-electron chi connectivity index (χ4n) is 5.70. The van der Waals surface area contributed by atoms with Gasteiger partial charge in [0.1, 0.15) is 0 Å². The molecule has 0 radical (unpaired) electrons. The molecule has 2 fully saturated rings. The number of hydrogen-bond acceptors (Lipinski definition) is 1. The quantitative estimate of drug-likeness (QED) is 0.459. The molecule has 152 valence electrons. The summed E-state index contributed by atoms with van der Waals surface area (Å²) in [5.74, 6) is 3.92. The van der Waals surface area contributed by atoms with E-state index in [1.54, 1.807) is 0 Å². The topological polar surface area (TPSA) is 0 Å². The molecule has 2 aliphatic rings. The monoisotopic (exact) mass is 394 g/mol. The van der Waals surface area contributed by atoms with Crippen LogP contribution in [0.1, 0.15) is 88.5 Å². The summed E-state index contributed by atoms with van der Waals surface area (Å²) >= 11 is 1.98. The lowest BCUT2D eigenvalue weighted by Gasteiger charge is -2.37. The van der Waals surface area contributed by atoms with E-state index in [1.165, 1.54) is 91.2 Å². The number of thiophene rings is 1. The predicted octanol–water partition coefficient (Wildman–Crippen LogP) is 8.89. The molecule has 1 aromatic carbocycles. The second-order valence-corrected chi connectivity index (χ2v) is 10.7. The zero-order chi connectivity index (χ0) is 19.3. The normalized spacial score (nSPS) is 28.9. The molecule has 0 aliphatic heterocycles. The Morgan fingerprint density at radius 2 is 1.61 bits per heavy atom. The lowest BCUT2D eigenvalue weighted by atomic mass is 9.69. The van der Waals surface area contributed by atoms with Crippen LogP contribution in [-0.2, 0) is 6.42 Å². The minimum Gasteiger partial charge on any atom is -0.140 e. The van der Waals surface area contributed by atoms with Crippen molar-refractivity contribution in [3.63, 3.8) is 0 Å². The summed E-state index contributed by atoms with van der Waals surface area (Å²) < 4.78 is 1.46. The fourth-order valence-corrected chi connectivity index (χ4v) is 6.91. The number of allylic oxidation sites excluding steroid dienone is 1. The van der Waals surface area contributed by atoms with Crippen LogP contribution in [0, 0.1) is 23.7 Å². The molecule has 4 rings (SSSR count). The highest BCUT2D eigenvalue weighted by Crippen LogP contribution is 2.42. The molecule has 0 nitrogen and oxygen atoms in total. The van der Waals surface area contributed by atoms with Gasteiger partial charge in [-0.1, -0.05) is 63.8 Å². The molecule has 0 unspecified atom stereocenters. The van der Waals surface area contributed by atoms with E-state index in [4.69, 9.17) is 0 Å². The maximum atomic E-state index is 2.52. The molecule has 0 N–H and O–H groups in total. The number of fused-ring (bicyclic) bond motifs is 1. The first-order valence-corrected chi connectivity index (χ1v) is 12.8. The summed E-state index contributed by atoms with van der Waals surface area (Å²) in [6.07, 6.45) is 20.6. The van der Waals surface area contributed by atoms with Gasteiger partial charge in [-0.3, -0.25) is 0 Å². The average Bonchev–Trinajstić information content (AvgIpc) is 3.15. The third-order valence-corrected chi connectivity index (χ3v) is 8.76. The third-order valence-electron chi connectivity index (χ3n) is 7.60. The van der Waals surface area contributed by atoms with E-state index in [0.29, 0.717) is 0 Å². The fraction of sp³-hybridized carbons (Fsp3) is 0.630. The summed E-state index contributed by atoms with van der Waals surface area (Å²) in [6.45, 7) is 4.65. The molecule has 2 aromatic rings. The van der Waals surface area contributed by atoms with Gasteiger partial charge in [-0.2, -0.15) is 0 Å². The molecule has 0 bridgehead atoms. The van der Waals surface area contributed by atoms with Crippen molar-refractivity contribution in [1.29, 1.82) is 0 Å². The van der Waals surface area contributed by atoms with Gasteiger partial charge in [0.25, 0.3) is 0 Å². The summed E-state index contributed by atoms with van der Waals surface area (Å²) in [6, 6.07) is 9.40. The van der Waals surface area contributed by atoms with Crippen LogP contribution in [-0.4, -0.2) is 0 Å². The lowest BCUT2D eigenvalue weighted by molar-refractivity contribution is 0.154. The molecule has 1 heterocycles. The highest BCUT2D eigenvalue weighted by Gasteiger charge is 2.29. The van der Waals surface area contributed by atoms with Crippen molar-refractivity contribution in [2.24, 2.45) is 23.7 Å². The molecule has 1 heteroatoms. The van der Waals surface area contributed by atoms with Crippen LogP contribution in [0.3, 0.4) is 0 Å². The molecule has 0 amide bonds. The highest BCUT2D eigenvalue weighted by molar-refractivity contribution is 7.19. The van der Waals surface area contributed by atoms with Crippen LogP contribution < -0.4 is 0 Å². The molecular formula is C27H38S. The van der Waals surface area contributed by atoms with E-state index in [-0.39, 0.29) is 0 Å². The van der Waals surface area contributed by atoms with Gasteiger partial charge in [0.2, 0.25) is 0 Å². The van der Waals surface area contributed by atoms with Crippen molar-refractivity contribution >= 4 is 27.5 Å². The molecule has 2 aliphatic carbocycles. The van der Waals surface area contributed by atoms with Gasteiger partial charge >= 0.3 is 0 Å². The van der Waals surface area contributed by atoms with Crippen molar-refractivity contribution in [1.82, 2.24) is 0 Å². The molecule has 2 saturated carbocycles. The van der Waals surface area contributed by atoms with Crippen LogP contribution in [0.15, 0.2) is 30.3 Å². The number of benzene rings is 1. The first kappa shape index (κ1) is 20.2. The predicted molar refractivity (Wildman–Crippen MR) is 126 cm³/mol. The van der Waals surface area contributed by atoms with E-state index < -0.39 is 0 Å². The Bertz CT molecular complexity index is 767. The molecule has 0 saturated heterocycles. The van der Waals surface area contributed by atoms with E-state index in [0.717, 1.165) is 23.7 Å². The molecular weight excluding hydrogens is 356 g/mol. The molecule has 0 atom stereocenters. The highest BCUT2D eigenvalue weighted by atomic mass is 32.1. The third kappa shape index (κ3) is 4.90. The summed E-state index contributed by atoms with van der Waals surface area (Å²) in [7, 11) is 0. The van der Waals surface area contributed by atoms with Gasteiger partial charge in [-0.15, -0.1) is 11.3 Å². The van der Waals surface area contributed by atoms with Gasteiger partial charge in [-0.25, -0.2) is 0 Å². The van der Waals surface area contributed by atoms with Gasteiger partial charge in [0.15, 0.2) is 0 Å². The Kier molecular flexibility index (Phi) is 6.94. The van der Waals surface area contributed by atoms with Crippen LogP contribution in [0.25, 0.3) is 16.2 Å². The van der Waals surface area contributed by atoms with Crippen molar-refractivity contribution in [2.75, 3.05) is 0 Å². The Morgan fingerprint density at radius 1 is 0.893 bits per heavy atom. The van der Waals surface area contributed by atoms with Crippen molar-refractivity contribution in [3.05, 3.63) is 40.8 Å². The van der Waals surface area contributed by atoms with Gasteiger partial charge in [0, 0.05) is 9.58 Å². The van der Waals surface area contributed by atoms with Crippen molar-refractivity contribution < 1.29 is 0 Å². The first-order valence-electron chi connectivity index (χ1n) is 12.0. The first-order chi connectivity index (χ1) is 13.7. The Labute approximate surface area is 176 Å². The number of hydrogen-bond donors (Lipinski definition) is 0. The van der Waals surface area contributed by atoms with Gasteiger partial charge < -0.3 is 0 Å². The largest absolute Gasteiger partial charge is 0.140 e. The Hall–Kier alpha value is -1.08. The smallest absolute Gasteiger partial charge is 0.0351 e. The maximum absolute atomic E-state index is 2.52. The van der Waals surface area contributed by atoms with E-state index >= 15 is 0 Å². The minimum absolute atomic E-state index is 0.804. The van der Waals surface area contributed by atoms with Crippen LogP contribution >= 0.6 is 11.3 Å². The number of rotatable bonds is 6.